The summed E-state index contributed by atoms with van der Waals surface area (Å²) in [5.74, 6) is 0.612. The zero-order valence-corrected chi connectivity index (χ0v) is 14.9. The van der Waals surface area contributed by atoms with Gasteiger partial charge in [-0.2, -0.15) is 0 Å². The summed E-state index contributed by atoms with van der Waals surface area (Å²) >= 11 is 0. The van der Waals surface area contributed by atoms with Gasteiger partial charge in [-0.05, 0) is 42.2 Å². The molecule has 1 nitrogen and oxygen atoms in total. The molecule has 1 heteroatoms. The Kier molecular flexibility index (Phi) is 4.71. The predicted molar refractivity (Wildman–Crippen MR) is 100 cm³/mol. The minimum atomic E-state index is 0.180. The van der Waals surface area contributed by atoms with Gasteiger partial charge >= 0.3 is 0 Å². The van der Waals surface area contributed by atoms with Crippen molar-refractivity contribution in [1.82, 2.24) is 0 Å². The van der Waals surface area contributed by atoms with Crippen LogP contribution < -0.4 is 0 Å². The van der Waals surface area contributed by atoms with Crippen LogP contribution in [-0.4, -0.2) is 5.78 Å². The van der Waals surface area contributed by atoms with Gasteiger partial charge in [0.2, 0.25) is 0 Å². The van der Waals surface area contributed by atoms with Crippen LogP contribution in [0.2, 0.25) is 0 Å². The summed E-state index contributed by atoms with van der Waals surface area (Å²) in [5, 5.41) is 0. The predicted octanol–water partition coefficient (Wildman–Crippen LogP) is 5.78. The average molecular weight is 318 g/mol. The Labute approximate surface area is 145 Å². The first-order valence-electron chi connectivity index (χ1n) is 8.79. The summed E-state index contributed by atoms with van der Waals surface area (Å²) in [4.78, 5) is 12.6. The molecular weight excluding hydrogens is 292 g/mol. The number of carbonyl (C=O) groups excluding carboxylic acids is 1. The molecular formula is C23H26O. The average Bonchev–Trinajstić information content (AvgIpc) is 2.84. The van der Waals surface area contributed by atoms with Gasteiger partial charge in [0.25, 0.3) is 0 Å². The van der Waals surface area contributed by atoms with Crippen molar-refractivity contribution in [3.63, 3.8) is 0 Å². The maximum Gasteiger partial charge on any atom is 0.163 e. The Morgan fingerprint density at radius 1 is 1.04 bits per heavy atom. The number of allylic oxidation sites excluding steroid dienone is 2. The van der Waals surface area contributed by atoms with E-state index in [9.17, 15) is 4.79 Å². The quantitative estimate of drug-likeness (QED) is 0.504. The Balaban J connectivity index is 1.78. The van der Waals surface area contributed by atoms with E-state index < -0.39 is 0 Å². The van der Waals surface area contributed by atoms with Gasteiger partial charge < -0.3 is 0 Å². The van der Waals surface area contributed by atoms with E-state index >= 15 is 0 Å². The van der Waals surface area contributed by atoms with E-state index in [2.05, 4.69) is 51.1 Å². The second-order valence-electron chi connectivity index (χ2n) is 7.71. The second-order valence-corrected chi connectivity index (χ2v) is 7.71. The minimum Gasteiger partial charge on any atom is -0.294 e. The third-order valence-corrected chi connectivity index (χ3v) is 5.06. The highest BCUT2D eigenvalue weighted by atomic mass is 16.1. The fraction of sp³-hybridized carbons (Fsp3) is 0.348. The molecule has 0 radical (unpaired) electrons. The van der Waals surface area contributed by atoms with Crippen molar-refractivity contribution in [2.75, 3.05) is 0 Å². The molecule has 0 spiro atoms. The zero-order valence-electron chi connectivity index (χ0n) is 14.9. The molecule has 0 amide bonds. The van der Waals surface area contributed by atoms with Gasteiger partial charge in [-0.3, -0.25) is 4.79 Å². The fourth-order valence-corrected chi connectivity index (χ4v) is 3.84. The molecule has 1 atom stereocenters. The van der Waals surface area contributed by atoms with Crippen molar-refractivity contribution >= 4 is 5.78 Å². The van der Waals surface area contributed by atoms with Crippen LogP contribution in [0.15, 0.2) is 66.2 Å². The summed E-state index contributed by atoms with van der Waals surface area (Å²) in [5.41, 5.74) is 5.14. The lowest BCUT2D eigenvalue weighted by Crippen LogP contribution is -2.13. The number of aryl methyl sites for hydroxylation is 1. The van der Waals surface area contributed by atoms with Crippen molar-refractivity contribution < 1.29 is 4.79 Å². The number of benzene rings is 2. The van der Waals surface area contributed by atoms with E-state index in [0.717, 1.165) is 18.4 Å². The van der Waals surface area contributed by atoms with Gasteiger partial charge in [-0.1, -0.05) is 80.1 Å². The molecule has 2 aromatic carbocycles. The topological polar surface area (TPSA) is 17.1 Å². The van der Waals surface area contributed by atoms with Crippen molar-refractivity contribution in [3.8, 4) is 0 Å². The standard InChI is InChI=1S/C23H26O/c1-17-9-7-8-12-19(17)13-20-15-23(2,3)16-21(20)14-22(24)18-10-5-4-6-11-18/h4-12,15,21H,13-14,16H2,1-3H3. The van der Waals surface area contributed by atoms with Gasteiger partial charge in [0.15, 0.2) is 5.78 Å². The van der Waals surface area contributed by atoms with Crippen LogP contribution >= 0.6 is 0 Å². The van der Waals surface area contributed by atoms with E-state index in [-0.39, 0.29) is 11.2 Å². The number of carbonyl (C=O) groups is 1. The van der Waals surface area contributed by atoms with Gasteiger partial charge in [-0.25, -0.2) is 0 Å². The molecule has 1 unspecified atom stereocenters. The molecule has 0 saturated carbocycles. The van der Waals surface area contributed by atoms with Gasteiger partial charge in [-0.15, -0.1) is 0 Å². The molecule has 124 valence electrons. The highest BCUT2D eigenvalue weighted by Gasteiger charge is 2.33. The summed E-state index contributed by atoms with van der Waals surface area (Å²) in [6, 6.07) is 18.2. The van der Waals surface area contributed by atoms with Crippen LogP contribution in [0.3, 0.4) is 0 Å². The van der Waals surface area contributed by atoms with Crippen molar-refractivity contribution in [3.05, 3.63) is 82.9 Å². The van der Waals surface area contributed by atoms with E-state index in [1.807, 2.05) is 30.3 Å². The van der Waals surface area contributed by atoms with E-state index in [1.54, 1.807) is 0 Å². The van der Waals surface area contributed by atoms with Crippen LogP contribution in [-0.2, 0) is 6.42 Å². The van der Waals surface area contributed by atoms with Crippen LogP contribution in [0.4, 0.5) is 0 Å². The molecule has 1 aliphatic rings. The van der Waals surface area contributed by atoms with E-state index in [4.69, 9.17) is 0 Å². The van der Waals surface area contributed by atoms with E-state index in [0.29, 0.717) is 12.3 Å². The van der Waals surface area contributed by atoms with Crippen LogP contribution in [0.1, 0.15) is 48.2 Å². The van der Waals surface area contributed by atoms with Gasteiger partial charge in [0.05, 0.1) is 0 Å². The lowest BCUT2D eigenvalue weighted by Gasteiger charge is -2.18. The van der Waals surface area contributed by atoms with Crippen molar-refractivity contribution in [2.45, 2.75) is 40.0 Å². The van der Waals surface area contributed by atoms with Gasteiger partial charge in [0.1, 0.15) is 0 Å². The van der Waals surface area contributed by atoms with Crippen molar-refractivity contribution in [1.29, 1.82) is 0 Å². The third kappa shape index (κ3) is 3.84. The normalized spacial score (nSPS) is 19.1. The Morgan fingerprint density at radius 3 is 2.42 bits per heavy atom. The SMILES string of the molecule is Cc1ccccc1CC1=CC(C)(C)CC1CC(=O)c1ccccc1. The Hall–Kier alpha value is -2.15. The first-order chi connectivity index (χ1) is 11.4. The molecule has 0 N–H and O–H groups in total. The van der Waals surface area contributed by atoms with Crippen LogP contribution in [0, 0.1) is 18.3 Å². The molecule has 0 fully saturated rings. The molecule has 0 aliphatic heterocycles. The largest absolute Gasteiger partial charge is 0.294 e. The Bertz CT molecular complexity index is 753. The number of ketones is 1. The fourth-order valence-electron chi connectivity index (χ4n) is 3.84. The third-order valence-electron chi connectivity index (χ3n) is 5.06. The lowest BCUT2D eigenvalue weighted by atomic mass is 9.85. The molecule has 3 rings (SSSR count). The monoisotopic (exact) mass is 318 g/mol. The summed E-state index contributed by atoms with van der Waals surface area (Å²) < 4.78 is 0. The molecule has 0 bridgehead atoms. The molecule has 1 aliphatic carbocycles. The maximum atomic E-state index is 12.6. The summed E-state index contributed by atoms with van der Waals surface area (Å²) in [6.07, 6.45) is 5.04. The van der Waals surface area contributed by atoms with Crippen LogP contribution in [0.25, 0.3) is 0 Å². The summed E-state index contributed by atoms with van der Waals surface area (Å²) in [7, 11) is 0. The number of rotatable bonds is 5. The first kappa shape index (κ1) is 16.7. The Morgan fingerprint density at radius 2 is 1.71 bits per heavy atom. The molecule has 0 heterocycles. The molecule has 2 aromatic rings. The zero-order chi connectivity index (χ0) is 17.2. The highest BCUT2D eigenvalue weighted by Crippen LogP contribution is 2.43. The smallest absolute Gasteiger partial charge is 0.163 e. The number of hydrogen-bond donors (Lipinski definition) is 0. The van der Waals surface area contributed by atoms with Crippen LogP contribution in [0.5, 0.6) is 0 Å². The molecule has 0 aromatic heterocycles. The van der Waals surface area contributed by atoms with Gasteiger partial charge in [0, 0.05) is 12.0 Å². The number of Topliss-reactive ketones (excluding diaryl/α,β-unsaturated/α-hetero) is 1. The first-order valence-corrected chi connectivity index (χ1v) is 8.79. The highest BCUT2D eigenvalue weighted by molar-refractivity contribution is 5.96. The van der Waals surface area contributed by atoms with E-state index in [1.165, 1.54) is 16.7 Å². The minimum absolute atomic E-state index is 0.180. The summed E-state index contributed by atoms with van der Waals surface area (Å²) in [6.45, 7) is 6.72. The number of hydrogen-bond acceptors (Lipinski definition) is 1. The maximum absolute atomic E-state index is 12.6. The van der Waals surface area contributed by atoms with Crippen molar-refractivity contribution in [2.24, 2.45) is 11.3 Å². The molecule has 0 saturated heterocycles. The molecule has 24 heavy (non-hydrogen) atoms. The lowest BCUT2D eigenvalue weighted by molar-refractivity contribution is 0.0963. The second kappa shape index (κ2) is 6.76.